The lowest BCUT2D eigenvalue weighted by molar-refractivity contribution is 0.0664. The van der Waals surface area contributed by atoms with Crippen LogP contribution in [0.1, 0.15) is 52.4 Å². The van der Waals surface area contributed by atoms with Crippen molar-refractivity contribution in [3.8, 4) is 0 Å². The maximum absolute atomic E-state index is 13.8. The largest absolute Gasteiger partial charge is 0.381 e. The third kappa shape index (κ3) is 6.49. The summed E-state index contributed by atoms with van der Waals surface area (Å²) in [6.07, 6.45) is 3.02. The van der Waals surface area contributed by atoms with Crippen molar-refractivity contribution >= 4 is 17.4 Å². The molecule has 214 valence electrons. The first kappa shape index (κ1) is 26.3. The van der Waals surface area contributed by atoms with E-state index in [1.54, 1.807) is 6.07 Å². The maximum Gasteiger partial charge on any atom is 0.257 e. The zero-order valence-corrected chi connectivity index (χ0v) is 23.4. The number of amides is 1. The van der Waals surface area contributed by atoms with Gasteiger partial charge >= 0.3 is 0 Å². The van der Waals surface area contributed by atoms with Crippen molar-refractivity contribution in [2.45, 2.75) is 32.2 Å². The molecule has 1 N–H and O–H groups in total. The number of fused-ring (bicyclic) bond motifs is 1. The van der Waals surface area contributed by atoms with E-state index < -0.39 is 11.6 Å². The molecule has 3 aliphatic heterocycles. The molecular weight excluding hydrogens is 522 g/mol. The minimum Gasteiger partial charge on any atom is -0.381 e. The molecule has 6 rings (SSSR count). The molecule has 3 aromatic rings. The second-order valence-electron chi connectivity index (χ2n) is 11.4. The lowest BCUT2D eigenvalue weighted by Gasteiger charge is -2.34. The summed E-state index contributed by atoms with van der Waals surface area (Å²) in [5, 5.41) is 3.03. The molecule has 3 aliphatic rings. The molecule has 0 radical (unpaired) electrons. The van der Waals surface area contributed by atoms with Crippen molar-refractivity contribution in [2.24, 2.45) is 10.9 Å². The SMILES string of the molecule is [2H]c1cc(Cc2cc(F)cc(F)c2)cc2c1CN=C2NC(=O)c1ccc(N2CCN(C)CC2)cc1CC1CCOCC1. The first-order valence-corrected chi connectivity index (χ1v) is 14.4. The highest BCUT2D eigenvalue weighted by atomic mass is 19.1. The van der Waals surface area contributed by atoms with E-state index in [2.05, 4.69) is 33.2 Å². The summed E-state index contributed by atoms with van der Waals surface area (Å²) in [6, 6.07) is 13.4. The van der Waals surface area contributed by atoms with Crippen LogP contribution in [0.15, 0.2) is 59.6 Å². The van der Waals surface area contributed by atoms with Crippen LogP contribution in [-0.2, 0) is 24.1 Å². The normalized spacial score (nSPS) is 18.2. The van der Waals surface area contributed by atoms with Gasteiger partial charge in [0.2, 0.25) is 0 Å². The lowest BCUT2D eigenvalue weighted by atomic mass is 9.89. The molecule has 2 saturated heterocycles. The highest BCUT2D eigenvalue weighted by molar-refractivity contribution is 6.14. The number of anilines is 1. The van der Waals surface area contributed by atoms with Gasteiger partial charge in [0.25, 0.3) is 5.91 Å². The fraction of sp³-hybridized carbons (Fsp3) is 0.394. The van der Waals surface area contributed by atoms with E-state index in [0.29, 0.717) is 41.0 Å². The van der Waals surface area contributed by atoms with E-state index in [-0.39, 0.29) is 12.3 Å². The molecule has 0 spiro atoms. The molecule has 0 atom stereocenters. The minimum atomic E-state index is -0.637. The number of likely N-dealkylation sites (N-methyl/N-ethyl adjacent to an activating group) is 1. The number of amidine groups is 1. The predicted molar refractivity (Wildman–Crippen MR) is 157 cm³/mol. The van der Waals surface area contributed by atoms with E-state index in [9.17, 15) is 13.6 Å². The van der Waals surface area contributed by atoms with Crippen LogP contribution >= 0.6 is 0 Å². The Morgan fingerprint density at radius 2 is 1.78 bits per heavy atom. The van der Waals surface area contributed by atoms with Gasteiger partial charge in [-0.05, 0) is 97.3 Å². The zero-order chi connectivity index (χ0) is 29.2. The number of carbonyl (C=O) groups is 1. The van der Waals surface area contributed by atoms with Crippen molar-refractivity contribution in [2.75, 3.05) is 51.3 Å². The topological polar surface area (TPSA) is 57.2 Å². The van der Waals surface area contributed by atoms with Crippen LogP contribution in [0.2, 0.25) is 0 Å². The zero-order valence-electron chi connectivity index (χ0n) is 24.4. The van der Waals surface area contributed by atoms with Crippen LogP contribution in [-0.4, -0.2) is 63.1 Å². The Morgan fingerprint density at radius 3 is 2.54 bits per heavy atom. The summed E-state index contributed by atoms with van der Waals surface area (Å²) in [4.78, 5) is 23.0. The fourth-order valence-electron chi connectivity index (χ4n) is 5.98. The minimum absolute atomic E-state index is 0.224. The first-order valence-electron chi connectivity index (χ1n) is 14.9. The van der Waals surface area contributed by atoms with Gasteiger partial charge < -0.3 is 19.9 Å². The Kier molecular flexibility index (Phi) is 7.75. The number of piperazine rings is 1. The maximum atomic E-state index is 13.8. The first-order chi connectivity index (χ1) is 20.3. The average Bonchev–Trinajstić information content (AvgIpc) is 3.36. The highest BCUT2D eigenvalue weighted by Gasteiger charge is 2.24. The van der Waals surface area contributed by atoms with Gasteiger partial charge in [0.05, 0.1) is 7.92 Å². The van der Waals surface area contributed by atoms with Crippen molar-refractivity contribution < 1.29 is 19.7 Å². The van der Waals surface area contributed by atoms with E-state index >= 15 is 0 Å². The van der Waals surface area contributed by atoms with Crippen molar-refractivity contribution in [1.82, 2.24) is 10.2 Å². The Hall–Kier alpha value is -3.62. The number of hydrogen-bond donors (Lipinski definition) is 1. The molecule has 1 amide bonds. The standard InChI is InChI=1S/C33H36F2N4O2/c1-38-8-10-39(11-9-38)29-4-5-30(26(19-29)15-22-6-12-41-13-7-22)33(40)37-32-31-18-23(2-3-25(31)21-36-32)14-24-16-27(34)20-28(35)17-24/h2-5,16-20,22H,6-15,21H2,1H3,(H,36,37,40)/i3D. The number of halogens is 2. The Morgan fingerprint density at radius 1 is 1.02 bits per heavy atom. The van der Waals surface area contributed by atoms with Gasteiger partial charge in [-0.25, -0.2) is 8.78 Å². The molecule has 2 fully saturated rings. The molecule has 3 heterocycles. The molecular formula is C33H36F2N4O2. The number of rotatable bonds is 6. The fourth-order valence-corrected chi connectivity index (χ4v) is 5.98. The molecule has 0 saturated carbocycles. The quantitative estimate of drug-likeness (QED) is 0.464. The smallest absolute Gasteiger partial charge is 0.257 e. The number of carbonyl (C=O) groups excluding carboxylic acids is 1. The molecule has 0 aliphatic carbocycles. The summed E-state index contributed by atoms with van der Waals surface area (Å²) in [5.41, 5.74) is 5.42. The van der Waals surface area contributed by atoms with Crippen LogP contribution in [0.25, 0.3) is 0 Å². The Bertz CT molecular complexity index is 1490. The van der Waals surface area contributed by atoms with Gasteiger partial charge in [-0.1, -0.05) is 12.1 Å². The van der Waals surface area contributed by atoms with Crippen molar-refractivity contribution in [1.29, 1.82) is 0 Å². The number of benzene rings is 3. The molecule has 0 unspecified atom stereocenters. The molecule has 6 nitrogen and oxygen atoms in total. The Balaban J connectivity index is 1.24. The highest BCUT2D eigenvalue weighted by Crippen LogP contribution is 2.28. The average molecular weight is 560 g/mol. The van der Waals surface area contributed by atoms with E-state index in [4.69, 9.17) is 6.11 Å². The van der Waals surface area contributed by atoms with E-state index in [1.165, 1.54) is 12.1 Å². The van der Waals surface area contributed by atoms with Gasteiger partial charge in [0.15, 0.2) is 0 Å². The van der Waals surface area contributed by atoms with Gasteiger partial charge in [0, 0.05) is 62.3 Å². The molecule has 0 bridgehead atoms. The van der Waals surface area contributed by atoms with Gasteiger partial charge in [-0.2, -0.15) is 0 Å². The monoisotopic (exact) mass is 559 g/mol. The molecule has 0 aromatic heterocycles. The molecule has 41 heavy (non-hydrogen) atoms. The summed E-state index contributed by atoms with van der Waals surface area (Å²) in [5.74, 6) is -0.615. The van der Waals surface area contributed by atoms with E-state index in [0.717, 1.165) is 87.1 Å². The second kappa shape index (κ2) is 12.1. The molecule has 8 heteroatoms. The predicted octanol–water partition coefficient (Wildman–Crippen LogP) is 4.97. The summed E-state index contributed by atoms with van der Waals surface area (Å²) < 4.78 is 41.6. The third-order valence-electron chi connectivity index (χ3n) is 8.35. The number of nitrogens with one attached hydrogen (secondary N) is 1. The van der Waals surface area contributed by atoms with Crippen molar-refractivity contribution in [3.05, 3.63) is 99.6 Å². The Labute approximate surface area is 241 Å². The van der Waals surface area contributed by atoms with Gasteiger partial charge in [-0.3, -0.25) is 9.79 Å². The summed E-state index contributed by atoms with van der Waals surface area (Å²) in [7, 11) is 2.14. The summed E-state index contributed by atoms with van der Waals surface area (Å²) in [6.45, 7) is 5.71. The second-order valence-corrected chi connectivity index (χ2v) is 11.4. The van der Waals surface area contributed by atoms with Crippen LogP contribution in [0.5, 0.6) is 0 Å². The lowest BCUT2D eigenvalue weighted by Crippen LogP contribution is -2.44. The summed E-state index contributed by atoms with van der Waals surface area (Å²) >= 11 is 0. The van der Waals surface area contributed by atoms with Crippen LogP contribution < -0.4 is 10.2 Å². The number of nitrogens with zero attached hydrogens (tertiary/aromatic N) is 3. The number of hydrogen-bond acceptors (Lipinski definition) is 5. The molecule has 3 aromatic carbocycles. The van der Waals surface area contributed by atoms with Crippen LogP contribution in [0.4, 0.5) is 14.5 Å². The van der Waals surface area contributed by atoms with Crippen LogP contribution in [0, 0.1) is 17.6 Å². The van der Waals surface area contributed by atoms with Crippen molar-refractivity contribution in [3.63, 3.8) is 0 Å². The van der Waals surface area contributed by atoms with Crippen LogP contribution in [0.3, 0.4) is 0 Å². The number of aliphatic imine (C=N–C) groups is 1. The third-order valence-corrected chi connectivity index (χ3v) is 8.35. The number of ether oxygens (including phenoxy) is 1. The van der Waals surface area contributed by atoms with Gasteiger partial charge in [0.1, 0.15) is 17.5 Å². The van der Waals surface area contributed by atoms with Gasteiger partial charge in [-0.15, -0.1) is 0 Å². The van der Waals surface area contributed by atoms with E-state index in [1.807, 2.05) is 18.2 Å².